The Morgan fingerprint density at radius 2 is 1.70 bits per heavy atom. The van der Waals surface area contributed by atoms with Crippen LogP contribution in [-0.4, -0.2) is 8.42 Å². The largest absolute Gasteiger partial charge is 0.240 e. The minimum atomic E-state index is -3.49. The van der Waals surface area contributed by atoms with Gasteiger partial charge in [-0.05, 0) is 43.2 Å². The minimum Gasteiger partial charge on any atom is -0.207 e. The van der Waals surface area contributed by atoms with Gasteiger partial charge >= 0.3 is 0 Å². The van der Waals surface area contributed by atoms with E-state index in [0.717, 1.165) is 16.7 Å². The van der Waals surface area contributed by atoms with E-state index in [1.165, 1.54) is 0 Å². The van der Waals surface area contributed by atoms with Gasteiger partial charge in [-0.25, -0.2) is 13.1 Å². The molecule has 0 fully saturated rings. The second-order valence-electron chi connectivity index (χ2n) is 4.72. The molecule has 0 aromatic heterocycles. The first-order valence-electron chi connectivity index (χ1n) is 6.20. The van der Waals surface area contributed by atoms with Crippen LogP contribution < -0.4 is 4.72 Å². The van der Waals surface area contributed by atoms with Crippen molar-refractivity contribution in [3.63, 3.8) is 0 Å². The van der Waals surface area contributed by atoms with Gasteiger partial charge in [0.05, 0.1) is 4.90 Å². The molecule has 2 aromatic rings. The average Bonchev–Trinajstić information content (AvgIpc) is 2.41. The predicted molar refractivity (Wildman–Crippen MR) is 81.4 cm³/mol. The number of hydrogen-bond donors (Lipinski definition) is 1. The van der Waals surface area contributed by atoms with Crippen molar-refractivity contribution in [1.82, 2.24) is 4.72 Å². The summed E-state index contributed by atoms with van der Waals surface area (Å²) < 4.78 is 26.8. The van der Waals surface area contributed by atoms with E-state index in [-0.39, 0.29) is 11.4 Å². The van der Waals surface area contributed by atoms with Gasteiger partial charge in [0.1, 0.15) is 0 Å². The van der Waals surface area contributed by atoms with Crippen LogP contribution >= 0.6 is 11.6 Å². The zero-order valence-corrected chi connectivity index (χ0v) is 12.9. The predicted octanol–water partition coefficient (Wildman–Crippen LogP) is 3.44. The molecule has 2 rings (SSSR count). The highest BCUT2D eigenvalue weighted by Crippen LogP contribution is 2.17. The quantitative estimate of drug-likeness (QED) is 0.940. The molecule has 20 heavy (non-hydrogen) atoms. The van der Waals surface area contributed by atoms with Gasteiger partial charge in [-0.3, -0.25) is 0 Å². The molecule has 0 saturated carbocycles. The fraction of sp³-hybridized carbons (Fsp3) is 0.200. The van der Waals surface area contributed by atoms with E-state index in [2.05, 4.69) is 4.72 Å². The lowest BCUT2D eigenvalue weighted by Gasteiger charge is -2.08. The topological polar surface area (TPSA) is 46.2 Å². The van der Waals surface area contributed by atoms with Gasteiger partial charge in [0.2, 0.25) is 10.0 Å². The monoisotopic (exact) mass is 309 g/mol. The van der Waals surface area contributed by atoms with Gasteiger partial charge < -0.3 is 0 Å². The Balaban J connectivity index is 2.13. The third-order valence-corrected chi connectivity index (χ3v) is 4.86. The normalized spacial score (nSPS) is 11.6. The van der Waals surface area contributed by atoms with Crippen LogP contribution in [0.4, 0.5) is 0 Å². The molecule has 0 amide bonds. The highest BCUT2D eigenvalue weighted by atomic mass is 35.5. The van der Waals surface area contributed by atoms with E-state index < -0.39 is 10.0 Å². The minimum absolute atomic E-state index is 0.218. The SMILES string of the molecule is Cc1ccc(S(=O)(=O)NCc2ccc(C)c(Cl)c2)cc1. The fourth-order valence-corrected chi connectivity index (χ4v) is 2.95. The van der Waals surface area contributed by atoms with Crippen LogP contribution in [0.1, 0.15) is 16.7 Å². The van der Waals surface area contributed by atoms with Crippen LogP contribution in [-0.2, 0) is 16.6 Å². The molecule has 0 aliphatic rings. The Kier molecular flexibility index (Phi) is 4.48. The molecule has 0 aliphatic carbocycles. The highest BCUT2D eigenvalue weighted by Gasteiger charge is 2.13. The number of nitrogens with one attached hydrogen (secondary N) is 1. The molecule has 0 spiro atoms. The van der Waals surface area contributed by atoms with E-state index in [9.17, 15) is 8.42 Å². The van der Waals surface area contributed by atoms with Crippen LogP contribution in [0.5, 0.6) is 0 Å². The van der Waals surface area contributed by atoms with Gasteiger partial charge in [-0.2, -0.15) is 0 Å². The standard InChI is InChI=1S/C15H16ClNO2S/c1-11-3-7-14(8-4-11)20(18,19)17-10-13-6-5-12(2)15(16)9-13/h3-9,17H,10H2,1-2H3. The summed E-state index contributed by atoms with van der Waals surface area (Å²) in [5, 5.41) is 0.636. The number of hydrogen-bond acceptors (Lipinski definition) is 2. The van der Waals surface area contributed by atoms with Crippen molar-refractivity contribution in [2.45, 2.75) is 25.3 Å². The molecule has 3 nitrogen and oxygen atoms in total. The highest BCUT2D eigenvalue weighted by molar-refractivity contribution is 7.89. The van der Waals surface area contributed by atoms with E-state index in [1.807, 2.05) is 26.0 Å². The molecular formula is C15H16ClNO2S. The van der Waals surface area contributed by atoms with Crippen molar-refractivity contribution in [2.75, 3.05) is 0 Å². The number of rotatable bonds is 4. The maximum Gasteiger partial charge on any atom is 0.240 e. The average molecular weight is 310 g/mol. The Morgan fingerprint density at radius 1 is 1.05 bits per heavy atom. The van der Waals surface area contributed by atoms with Crippen LogP contribution in [0.2, 0.25) is 5.02 Å². The first kappa shape index (κ1) is 15.0. The van der Waals surface area contributed by atoms with Crippen LogP contribution in [0.3, 0.4) is 0 Å². The second-order valence-corrected chi connectivity index (χ2v) is 6.90. The third kappa shape index (κ3) is 3.60. The van der Waals surface area contributed by atoms with Gasteiger partial charge in [0, 0.05) is 11.6 Å². The van der Waals surface area contributed by atoms with Crippen molar-refractivity contribution < 1.29 is 8.42 Å². The van der Waals surface area contributed by atoms with E-state index >= 15 is 0 Å². The van der Waals surface area contributed by atoms with Gasteiger partial charge in [-0.15, -0.1) is 0 Å². The molecule has 0 atom stereocenters. The maximum absolute atomic E-state index is 12.1. The number of halogens is 1. The lowest BCUT2D eigenvalue weighted by molar-refractivity contribution is 0.581. The Hall–Kier alpha value is -1.36. The number of aryl methyl sites for hydroxylation is 2. The van der Waals surface area contributed by atoms with Crippen molar-refractivity contribution in [2.24, 2.45) is 0 Å². The molecule has 0 heterocycles. The zero-order chi connectivity index (χ0) is 14.8. The number of benzene rings is 2. The lowest BCUT2D eigenvalue weighted by Crippen LogP contribution is -2.23. The van der Waals surface area contributed by atoms with Crippen LogP contribution in [0.25, 0.3) is 0 Å². The molecule has 1 N–H and O–H groups in total. The summed E-state index contributed by atoms with van der Waals surface area (Å²) in [5.74, 6) is 0. The van der Waals surface area contributed by atoms with Crippen molar-refractivity contribution in [3.8, 4) is 0 Å². The van der Waals surface area contributed by atoms with Gasteiger partial charge in [-0.1, -0.05) is 41.4 Å². The summed E-state index contributed by atoms with van der Waals surface area (Å²) >= 11 is 6.02. The number of sulfonamides is 1. The lowest BCUT2D eigenvalue weighted by atomic mass is 10.1. The Morgan fingerprint density at radius 3 is 2.30 bits per heavy atom. The molecule has 2 aromatic carbocycles. The van der Waals surface area contributed by atoms with Crippen molar-refractivity contribution >= 4 is 21.6 Å². The van der Waals surface area contributed by atoms with Crippen molar-refractivity contribution in [1.29, 1.82) is 0 Å². The molecule has 5 heteroatoms. The van der Waals surface area contributed by atoms with Crippen LogP contribution in [0.15, 0.2) is 47.4 Å². The zero-order valence-electron chi connectivity index (χ0n) is 11.4. The summed E-state index contributed by atoms with van der Waals surface area (Å²) in [6, 6.07) is 12.2. The first-order chi connectivity index (χ1) is 9.38. The molecule has 106 valence electrons. The van der Waals surface area contributed by atoms with Crippen LogP contribution in [0, 0.1) is 13.8 Å². The fourth-order valence-electron chi connectivity index (χ4n) is 1.73. The summed E-state index contributed by atoms with van der Waals surface area (Å²) in [6.07, 6.45) is 0. The second kappa shape index (κ2) is 5.95. The van der Waals surface area contributed by atoms with E-state index in [4.69, 9.17) is 11.6 Å². The Bertz CT molecular complexity index is 709. The van der Waals surface area contributed by atoms with Gasteiger partial charge in [0.25, 0.3) is 0 Å². The van der Waals surface area contributed by atoms with Crippen molar-refractivity contribution in [3.05, 3.63) is 64.2 Å². The molecule has 0 aliphatic heterocycles. The summed E-state index contributed by atoms with van der Waals surface area (Å²) in [6.45, 7) is 4.04. The molecule has 0 radical (unpaired) electrons. The Labute approximate surface area is 124 Å². The summed E-state index contributed by atoms with van der Waals surface area (Å²) in [5.41, 5.74) is 2.82. The van der Waals surface area contributed by atoms with Gasteiger partial charge in [0.15, 0.2) is 0 Å². The van der Waals surface area contributed by atoms with E-state index in [1.54, 1.807) is 30.3 Å². The third-order valence-electron chi connectivity index (χ3n) is 3.03. The maximum atomic E-state index is 12.1. The molecule has 0 saturated heterocycles. The molecular weight excluding hydrogens is 294 g/mol. The first-order valence-corrected chi connectivity index (χ1v) is 8.06. The summed E-state index contributed by atoms with van der Waals surface area (Å²) in [4.78, 5) is 0.265. The molecule has 0 bridgehead atoms. The van der Waals surface area contributed by atoms with E-state index in [0.29, 0.717) is 5.02 Å². The summed E-state index contributed by atoms with van der Waals surface area (Å²) in [7, 11) is -3.49. The molecule has 0 unspecified atom stereocenters. The smallest absolute Gasteiger partial charge is 0.207 e.